The fourth-order valence-electron chi connectivity index (χ4n) is 3.38. The molecule has 3 nitrogen and oxygen atoms in total. The number of hydrogen-bond acceptors (Lipinski definition) is 4. The Labute approximate surface area is 142 Å². The smallest absolute Gasteiger partial charge is 0.107 e. The molecule has 23 heavy (non-hydrogen) atoms. The molecule has 0 spiro atoms. The van der Waals surface area contributed by atoms with Crippen molar-refractivity contribution in [3.8, 4) is 0 Å². The largest absolute Gasteiger partial charge is 0.377 e. The van der Waals surface area contributed by atoms with E-state index in [1.807, 2.05) is 11.8 Å². The minimum atomic E-state index is 0.290. The van der Waals surface area contributed by atoms with Crippen LogP contribution >= 0.6 is 11.8 Å². The van der Waals surface area contributed by atoms with Gasteiger partial charge in [0.05, 0.1) is 11.4 Å². The molecule has 3 aliphatic heterocycles. The Morgan fingerprint density at radius 1 is 1.04 bits per heavy atom. The summed E-state index contributed by atoms with van der Waals surface area (Å²) in [5.41, 5.74) is 5.34. The van der Waals surface area contributed by atoms with Gasteiger partial charge in [-0.15, -0.1) is 0 Å². The monoisotopic (exact) mass is 328 g/mol. The third-order valence-electron chi connectivity index (χ3n) is 4.62. The average Bonchev–Trinajstić information content (AvgIpc) is 2.56. The Morgan fingerprint density at radius 3 is 2.61 bits per heavy atom. The van der Waals surface area contributed by atoms with E-state index in [9.17, 15) is 0 Å². The van der Waals surface area contributed by atoms with E-state index in [1.165, 1.54) is 40.2 Å². The average molecular weight is 328 g/mol. The Morgan fingerprint density at radius 2 is 1.83 bits per heavy atom. The van der Waals surface area contributed by atoms with Crippen LogP contribution in [0.4, 0.5) is 11.4 Å². The molecule has 0 saturated carbocycles. The second-order valence-electron chi connectivity index (χ2n) is 6.63. The maximum absolute atomic E-state index is 5.94. The van der Waals surface area contributed by atoms with E-state index in [1.54, 1.807) is 0 Å². The van der Waals surface area contributed by atoms with Crippen molar-refractivity contribution >= 4 is 35.3 Å². The quantitative estimate of drug-likeness (QED) is 0.804. The molecule has 3 aliphatic rings. The summed E-state index contributed by atoms with van der Waals surface area (Å²) in [4.78, 5) is 1.32. The van der Waals surface area contributed by atoms with Crippen LogP contribution in [0, 0.1) is 0 Å². The van der Waals surface area contributed by atoms with E-state index < -0.39 is 0 Å². The summed E-state index contributed by atoms with van der Waals surface area (Å²) in [7, 11) is 0. The molecule has 1 saturated heterocycles. The summed E-state index contributed by atoms with van der Waals surface area (Å²) in [6.07, 6.45) is 12.6. The van der Waals surface area contributed by atoms with Gasteiger partial charge < -0.3 is 15.4 Å². The van der Waals surface area contributed by atoms with Crippen LogP contribution in [0.25, 0.3) is 12.2 Å². The predicted molar refractivity (Wildman–Crippen MR) is 100 cm³/mol. The zero-order valence-corrected chi connectivity index (χ0v) is 14.6. The maximum atomic E-state index is 5.94. The first kappa shape index (κ1) is 15.2. The molecule has 1 aromatic carbocycles. The van der Waals surface area contributed by atoms with Crippen molar-refractivity contribution in [2.75, 3.05) is 17.2 Å². The van der Waals surface area contributed by atoms with E-state index in [4.69, 9.17) is 4.74 Å². The fraction of sp³-hybridized carbons (Fsp3) is 0.474. The van der Waals surface area contributed by atoms with Gasteiger partial charge >= 0.3 is 0 Å². The molecule has 0 amide bonds. The van der Waals surface area contributed by atoms with Crippen LogP contribution in [-0.2, 0) is 4.74 Å². The molecule has 4 rings (SSSR count). The number of thioether (sulfide) groups is 1. The molecule has 3 atom stereocenters. The summed E-state index contributed by atoms with van der Waals surface area (Å²) >= 11 is 1.88. The summed E-state index contributed by atoms with van der Waals surface area (Å²) in [6, 6.07) is 3.05. The Balaban J connectivity index is 1.74. The SMILES string of the molecule is CC1C=Cc2cc(SC3CCCCO3)c3c(c2N1)NC(C)C=C3. The van der Waals surface area contributed by atoms with Crippen molar-refractivity contribution in [1.82, 2.24) is 0 Å². The van der Waals surface area contributed by atoms with Gasteiger partial charge in [-0.05, 0) is 39.2 Å². The van der Waals surface area contributed by atoms with Crippen molar-refractivity contribution in [3.63, 3.8) is 0 Å². The summed E-state index contributed by atoms with van der Waals surface area (Å²) in [5, 5.41) is 7.26. The third-order valence-corrected chi connectivity index (χ3v) is 5.84. The molecular weight excluding hydrogens is 304 g/mol. The van der Waals surface area contributed by atoms with Gasteiger partial charge in [-0.2, -0.15) is 0 Å². The molecule has 4 heteroatoms. The van der Waals surface area contributed by atoms with Gasteiger partial charge in [-0.3, -0.25) is 0 Å². The molecule has 0 aromatic heterocycles. The lowest BCUT2D eigenvalue weighted by molar-refractivity contribution is 0.0728. The maximum Gasteiger partial charge on any atom is 0.107 e. The first-order chi connectivity index (χ1) is 11.2. The van der Waals surface area contributed by atoms with E-state index in [0.29, 0.717) is 12.1 Å². The highest BCUT2D eigenvalue weighted by atomic mass is 32.2. The van der Waals surface area contributed by atoms with Gasteiger partial charge in [0, 0.05) is 34.7 Å². The van der Waals surface area contributed by atoms with E-state index in [-0.39, 0.29) is 5.44 Å². The number of hydrogen-bond donors (Lipinski definition) is 2. The Bertz CT molecular complexity index is 662. The first-order valence-corrected chi connectivity index (χ1v) is 9.47. The predicted octanol–water partition coefficient (Wildman–Crippen LogP) is 4.96. The fourth-order valence-corrected chi connectivity index (χ4v) is 4.60. The third kappa shape index (κ3) is 3.02. The first-order valence-electron chi connectivity index (χ1n) is 8.59. The van der Waals surface area contributed by atoms with Crippen LogP contribution in [0.1, 0.15) is 44.2 Å². The Kier molecular flexibility index (Phi) is 4.12. The molecule has 0 radical (unpaired) electrons. The molecular formula is C19H24N2OS. The number of nitrogens with one attached hydrogen (secondary N) is 2. The summed E-state index contributed by atoms with van der Waals surface area (Å²) in [5.74, 6) is 0. The Hall–Kier alpha value is -1.39. The van der Waals surface area contributed by atoms with Crippen LogP contribution in [0.15, 0.2) is 23.1 Å². The van der Waals surface area contributed by atoms with Crippen LogP contribution in [-0.4, -0.2) is 24.1 Å². The molecule has 2 N–H and O–H groups in total. The molecule has 3 unspecified atom stereocenters. The topological polar surface area (TPSA) is 33.3 Å². The van der Waals surface area contributed by atoms with E-state index in [2.05, 4.69) is 54.9 Å². The zero-order chi connectivity index (χ0) is 15.8. The summed E-state index contributed by atoms with van der Waals surface area (Å²) in [6.45, 7) is 5.28. The van der Waals surface area contributed by atoms with Crippen molar-refractivity contribution in [2.45, 2.75) is 55.5 Å². The van der Waals surface area contributed by atoms with E-state index in [0.717, 1.165) is 13.0 Å². The minimum absolute atomic E-state index is 0.290. The highest BCUT2D eigenvalue weighted by Gasteiger charge is 2.24. The number of ether oxygens (including phenoxy) is 1. The van der Waals surface area contributed by atoms with Crippen molar-refractivity contribution in [1.29, 1.82) is 0 Å². The second kappa shape index (κ2) is 6.25. The molecule has 0 bridgehead atoms. The molecule has 0 aliphatic carbocycles. The lowest BCUT2D eigenvalue weighted by Gasteiger charge is -2.30. The van der Waals surface area contributed by atoms with Crippen molar-refractivity contribution in [3.05, 3.63) is 29.3 Å². The van der Waals surface area contributed by atoms with Gasteiger partial charge in [-0.1, -0.05) is 36.1 Å². The molecule has 3 heterocycles. The minimum Gasteiger partial charge on any atom is -0.377 e. The second-order valence-corrected chi connectivity index (χ2v) is 7.83. The van der Waals surface area contributed by atoms with Crippen LogP contribution in [0.3, 0.4) is 0 Å². The number of fused-ring (bicyclic) bond motifs is 3. The van der Waals surface area contributed by atoms with Crippen molar-refractivity contribution < 1.29 is 4.74 Å². The molecule has 1 aromatic rings. The number of rotatable bonds is 2. The lowest BCUT2D eigenvalue weighted by Crippen LogP contribution is -2.23. The van der Waals surface area contributed by atoms with Crippen LogP contribution < -0.4 is 10.6 Å². The van der Waals surface area contributed by atoms with Gasteiger partial charge in [0.25, 0.3) is 0 Å². The highest BCUT2D eigenvalue weighted by Crippen LogP contribution is 2.44. The lowest BCUT2D eigenvalue weighted by atomic mass is 9.97. The van der Waals surface area contributed by atoms with Gasteiger partial charge in [0.1, 0.15) is 5.44 Å². The number of benzene rings is 1. The van der Waals surface area contributed by atoms with Gasteiger partial charge in [0.2, 0.25) is 0 Å². The van der Waals surface area contributed by atoms with E-state index >= 15 is 0 Å². The normalized spacial score (nSPS) is 28.5. The molecule has 1 fully saturated rings. The van der Waals surface area contributed by atoms with Gasteiger partial charge in [0.15, 0.2) is 0 Å². The zero-order valence-electron chi connectivity index (χ0n) is 13.8. The van der Waals surface area contributed by atoms with Crippen LogP contribution in [0.5, 0.6) is 0 Å². The standard InChI is InChI=1S/C19H24N2OS/c1-12-6-8-14-11-16(23-17-5-3-4-10-22-17)15-9-7-13(2)21-19(15)18(14)20-12/h6-9,11-13,17,20-21H,3-5,10H2,1-2H3. The summed E-state index contributed by atoms with van der Waals surface area (Å²) < 4.78 is 5.94. The van der Waals surface area contributed by atoms with Gasteiger partial charge in [-0.25, -0.2) is 0 Å². The van der Waals surface area contributed by atoms with Crippen LogP contribution in [0.2, 0.25) is 0 Å². The molecule has 122 valence electrons. The number of anilines is 2. The highest BCUT2D eigenvalue weighted by molar-refractivity contribution is 7.99. The van der Waals surface area contributed by atoms with Crippen molar-refractivity contribution in [2.24, 2.45) is 0 Å².